The van der Waals surface area contributed by atoms with E-state index in [0.717, 1.165) is 142 Å². The Labute approximate surface area is 689 Å². The molecule has 10 aliphatic rings. The van der Waals surface area contributed by atoms with E-state index in [0.29, 0.717) is 75.3 Å². The molecule has 2 unspecified atom stereocenters. The number of ether oxygens (including phenoxy) is 1. The smallest absolute Gasteiger partial charge is 0.325 e. The summed E-state index contributed by atoms with van der Waals surface area (Å²) in [5.41, 5.74) is 1.57. The first-order chi connectivity index (χ1) is 51.2. The van der Waals surface area contributed by atoms with Gasteiger partial charge in [0.25, 0.3) is 0 Å². The number of piperidine rings is 6. The van der Waals surface area contributed by atoms with E-state index in [4.69, 9.17) is 4.74 Å². The number of nitrogens with one attached hydrogen (secondary N) is 4. The van der Waals surface area contributed by atoms with Crippen LogP contribution in [-0.2, 0) is 19.1 Å². The molecule has 654 valence electrons. The van der Waals surface area contributed by atoms with E-state index in [1.54, 1.807) is 0 Å². The van der Waals surface area contributed by atoms with Crippen LogP contribution in [0.5, 0.6) is 0 Å². The number of amides is 6. The Morgan fingerprint density at radius 1 is 0.478 bits per heavy atom. The lowest BCUT2D eigenvalue weighted by atomic mass is 9.77. The minimum Gasteiger partial charge on any atom is -0.462 e. The lowest BCUT2D eigenvalue weighted by Gasteiger charge is -2.55. The van der Waals surface area contributed by atoms with Gasteiger partial charge in [-0.3, -0.25) is 48.7 Å². The van der Waals surface area contributed by atoms with Gasteiger partial charge in [-0.25, -0.2) is 9.59 Å². The molecule has 0 aromatic rings. The number of nitrogens with zero attached hydrogens (tertiary/aromatic N) is 10. The first-order valence-corrected chi connectivity index (χ1v) is 44.2. The number of aliphatic hydroxyl groups is 1. The fourth-order valence-electron chi connectivity index (χ4n) is 24.1. The molecule has 0 spiro atoms. The van der Waals surface area contributed by atoms with Crippen LogP contribution in [0, 0.1) is 22.7 Å². The van der Waals surface area contributed by atoms with E-state index in [9.17, 15) is 34.3 Å². The predicted molar refractivity (Wildman–Crippen MR) is 461 cm³/mol. The van der Waals surface area contributed by atoms with Gasteiger partial charge < -0.3 is 46.1 Å². The van der Waals surface area contributed by atoms with Crippen LogP contribution in [0.15, 0.2) is 12.2 Å². The van der Waals surface area contributed by atoms with E-state index >= 15 is 0 Å². The quantitative estimate of drug-likeness (QED) is 0.0243. The summed E-state index contributed by atoms with van der Waals surface area (Å²) in [7, 11) is 0. The molecule has 0 saturated carbocycles. The summed E-state index contributed by atoms with van der Waals surface area (Å²) >= 11 is 0. The first kappa shape index (κ1) is 96.4. The fourth-order valence-corrected chi connectivity index (χ4v) is 24.1. The second kappa shape index (κ2) is 35.5. The molecule has 6 amide bonds. The van der Waals surface area contributed by atoms with Crippen LogP contribution in [-0.4, -0.2) is 252 Å². The van der Waals surface area contributed by atoms with Crippen molar-refractivity contribution >= 4 is 30.9 Å². The molecule has 10 aliphatic heterocycles. The molecule has 10 fully saturated rings. The van der Waals surface area contributed by atoms with Gasteiger partial charge in [-0.15, -0.1) is 0 Å². The number of likely N-dealkylation sites (tertiary alicyclic amines) is 1. The van der Waals surface area contributed by atoms with Crippen molar-refractivity contribution in [1.29, 1.82) is 0 Å². The highest BCUT2D eigenvalue weighted by molar-refractivity contribution is 5.86. The average molecular weight is 1590 g/mol. The lowest BCUT2D eigenvalue weighted by molar-refractivity contribution is -0.257. The molecule has 10 saturated heterocycles. The van der Waals surface area contributed by atoms with Crippen molar-refractivity contribution in [2.75, 3.05) is 46.3 Å². The van der Waals surface area contributed by atoms with Crippen LogP contribution in [0.3, 0.4) is 0 Å². The summed E-state index contributed by atoms with van der Waals surface area (Å²) < 4.78 is 6.04. The maximum absolute atomic E-state index is 13.8. The second-order valence-electron chi connectivity index (χ2n) is 47.9. The third kappa shape index (κ3) is 27.1. The third-order valence-corrected chi connectivity index (χ3v) is 25.9. The number of aliphatic hydroxyl groups excluding tert-OH is 1. The van der Waals surface area contributed by atoms with Crippen molar-refractivity contribution < 1.29 is 39.0 Å². The van der Waals surface area contributed by atoms with Gasteiger partial charge in [-0.05, 0) is 311 Å². The number of unbranched alkanes of at least 4 members (excludes halogenated alkanes) is 2. The van der Waals surface area contributed by atoms with E-state index in [-0.39, 0.29) is 127 Å². The Morgan fingerprint density at radius 3 is 1.10 bits per heavy atom. The summed E-state index contributed by atoms with van der Waals surface area (Å²) in [6.45, 7) is 80.5. The van der Waals surface area contributed by atoms with Gasteiger partial charge in [0.1, 0.15) is 6.10 Å². The van der Waals surface area contributed by atoms with Crippen LogP contribution in [0.25, 0.3) is 0 Å². The number of carbonyl (C=O) groups excluding carboxylic acids is 5. The highest BCUT2D eigenvalue weighted by atomic mass is 16.5. The molecule has 0 aromatic carbocycles. The summed E-state index contributed by atoms with van der Waals surface area (Å²) in [5.74, 6) is 1.02. The SMILES string of the molecule is C=C(CCCN1C(C)(C)CC(OC(=O)CC(C)CC(C)(C)C)CC1(C)C)CC(C)CC(C)(C)C.CC1(C)CC(N(C=O)CCCCCN(C=O)C2CC(C)(C)NC(C)(C)C2)CC(C)(C)N1.CC1(C)CC(N2CN3C(=O)N4CN(C5CC(C)(C)NC(C)(C)C5)CN5C(=O)N(C2)C3C45)CC(C)(C)N1.CC1(C)CC(O)CC(C)(C)N1O. The number of urea groups is 2. The summed E-state index contributed by atoms with van der Waals surface area (Å²) in [6.07, 6.45) is 21.6. The molecule has 10 rings (SSSR count). The van der Waals surface area contributed by atoms with E-state index in [2.05, 4.69) is 236 Å². The zero-order valence-electron chi connectivity index (χ0n) is 78.3. The normalized spacial score (nSPS) is 27.0. The van der Waals surface area contributed by atoms with Gasteiger partial charge in [-0.1, -0.05) is 67.5 Å². The number of hydrogen-bond acceptors (Lipinski definition) is 16. The van der Waals surface area contributed by atoms with Crippen LogP contribution < -0.4 is 21.3 Å². The lowest BCUT2D eigenvalue weighted by Crippen LogP contribution is -2.68. The van der Waals surface area contributed by atoms with Crippen molar-refractivity contribution in [3.63, 3.8) is 0 Å². The van der Waals surface area contributed by atoms with E-state index in [1.165, 1.54) is 17.1 Å². The predicted octanol–water partition coefficient (Wildman–Crippen LogP) is 16.1. The van der Waals surface area contributed by atoms with Crippen LogP contribution in [0.1, 0.15) is 356 Å². The van der Waals surface area contributed by atoms with Gasteiger partial charge >= 0.3 is 18.0 Å². The van der Waals surface area contributed by atoms with Gasteiger partial charge in [0.2, 0.25) is 12.8 Å². The number of hydroxylamine groups is 2. The standard InChI is InChI=1S/C31H59NO2.C26H46N8O2.C25H48N4O2.C9H19NO2/c1-23(17-24(2)19-28(4,5)6)15-14-16-32-30(10,11)21-26(22-31(32,12)13)34-27(33)18-25(3)20-29(7,8)9;1-23(2)9-17(10-24(3,4)27-23)29-13-31-19-20-33(21(31)35)15-30(16-34(20)22(36)32(19)14-29)18-11-25(5,6)28-26(7,8)12-18;1-22(2)14-20(15-23(3,4)26-22)28(18-30)12-10-9-11-13-29(19-31)21-16-24(5,6)27-25(7,8)17-21;1-8(2)5-7(11)6-9(3,4)10(8)12/h24-26H,1,14-22H2,2-13H3;17-20,27-28H,9-16H2,1-8H3;18-21,26-27H,9-17H2,1-8H3;7,11-12H,5-6H2,1-4H3. The highest BCUT2D eigenvalue weighted by Crippen LogP contribution is 2.46. The van der Waals surface area contributed by atoms with Gasteiger partial charge in [-0.2, -0.15) is 5.06 Å². The van der Waals surface area contributed by atoms with Crippen molar-refractivity contribution in [1.82, 2.24) is 70.4 Å². The van der Waals surface area contributed by atoms with Crippen LogP contribution in [0.4, 0.5) is 9.59 Å². The monoisotopic (exact) mass is 1590 g/mol. The van der Waals surface area contributed by atoms with Crippen LogP contribution >= 0.6 is 0 Å². The Balaban J connectivity index is 0.000000219. The summed E-state index contributed by atoms with van der Waals surface area (Å²) in [6, 6.07) is 1.35. The maximum atomic E-state index is 13.8. The molecule has 0 bridgehead atoms. The third-order valence-electron chi connectivity index (χ3n) is 25.9. The number of carbonyl (C=O) groups is 5. The summed E-state index contributed by atoms with van der Waals surface area (Å²) in [5, 5.41) is 35.6. The van der Waals surface area contributed by atoms with E-state index in [1.807, 2.05) is 57.1 Å². The van der Waals surface area contributed by atoms with Gasteiger partial charge in [0.05, 0.1) is 32.8 Å². The zero-order chi connectivity index (χ0) is 85.6. The summed E-state index contributed by atoms with van der Waals surface area (Å²) in [4.78, 5) is 83.3. The second-order valence-corrected chi connectivity index (χ2v) is 47.9. The molecule has 0 aromatic heterocycles. The molecule has 10 heterocycles. The molecular formula is C91H172N14O8. The van der Waals surface area contributed by atoms with Gasteiger partial charge in [0.15, 0.2) is 12.3 Å². The van der Waals surface area contributed by atoms with Crippen molar-refractivity contribution in [2.24, 2.45) is 22.7 Å². The Hall–Kier alpha value is -3.71. The Kier molecular flexibility index (Phi) is 30.3. The van der Waals surface area contributed by atoms with Crippen LogP contribution in [0.2, 0.25) is 0 Å². The fraction of sp³-hybridized carbons (Fsp3) is 0.923. The molecule has 22 heteroatoms. The minimum atomic E-state index is -0.318. The first-order valence-electron chi connectivity index (χ1n) is 44.2. The molecule has 2 atom stereocenters. The molecule has 22 nitrogen and oxygen atoms in total. The van der Waals surface area contributed by atoms with Crippen molar-refractivity contribution in [3.8, 4) is 0 Å². The Morgan fingerprint density at radius 2 is 0.788 bits per heavy atom. The van der Waals surface area contributed by atoms with Crippen molar-refractivity contribution in [2.45, 2.75) is 472 Å². The van der Waals surface area contributed by atoms with E-state index < -0.39 is 0 Å². The molecule has 113 heavy (non-hydrogen) atoms. The minimum absolute atomic E-state index is 0.00352. The number of allylic oxidation sites excluding steroid dienone is 1. The maximum Gasteiger partial charge on any atom is 0.325 e. The zero-order valence-corrected chi connectivity index (χ0v) is 78.3. The topological polar surface area (TPSA) is 216 Å². The molecule has 0 aliphatic carbocycles. The molecule has 6 N–H and O–H groups in total. The number of rotatable bonds is 23. The van der Waals surface area contributed by atoms with Crippen molar-refractivity contribution in [3.05, 3.63) is 12.2 Å². The largest absolute Gasteiger partial charge is 0.462 e. The molecular weight excluding hydrogens is 1420 g/mol. The average Bonchev–Trinajstić information content (AvgIpc) is 1.54. The number of hydrogen-bond donors (Lipinski definition) is 6. The Bertz CT molecular complexity index is 2940. The van der Waals surface area contributed by atoms with Gasteiger partial charge in [0, 0.05) is 123 Å². The molecule has 0 radical (unpaired) electrons. The highest BCUT2D eigenvalue weighted by Gasteiger charge is 2.65. The number of esters is 1.